The monoisotopic (exact) mass is 482 g/mol. The summed E-state index contributed by atoms with van der Waals surface area (Å²) >= 11 is 15.8. The Hall–Kier alpha value is -1.87. The molecule has 0 bridgehead atoms. The minimum atomic E-state index is -0.516. The van der Waals surface area contributed by atoms with Gasteiger partial charge < -0.3 is 4.74 Å². The summed E-state index contributed by atoms with van der Waals surface area (Å²) in [6.45, 7) is 0. The fraction of sp³-hybridized carbons (Fsp3) is 0.0556. The maximum absolute atomic E-state index is 12.7. The van der Waals surface area contributed by atoms with E-state index in [0.717, 1.165) is 21.2 Å². The van der Waals surface area contributed by atoms with E-state index in [2.05, 4.69) is 21.4 Å². The predicted octanol–water partition coefficient (Wildman–Crippen LogP) is 4.66. The van der Waals surface area contributed by atoms with E-state index in [-0.39, 0.29) is 14.9 Å². The molecule has 0 saturated carbocycles. The van der Waals surface area contributed by atoms with E-state index in [4.69, 9.17) is 28.6 Å². The molecule has 1 saturated heterocycles. The van der Waals surface area contributed by atoms with Crippen molar-refractivity contribution < 1.29 is 14.3 Å². The number of rotatable bonds is 4. The molecular weight excluding hydrogens is 472 g/mol. The first kappa shape index (κ1) is 19.9. The van der Waals surface area contributed by atoms with Crippen LogP contribution in [0.25, 0.3) is 6.08 Å². The molecule has 2 aromatic rings. The maximum atomic E-state index is 12.7. The van der Waals surface area contributed by atoms with Gasteiger partial charge in [-0.3, -0.25) is 15.0 Å². The van der Waals surface area contributed by atoms with Crippen molar-refractivity contribution in [3.05, 3.63) is 68.0 Å². The van der Waals surface area contributed by atoms with Gasteiger partial charge in [-0.05, 0) is 48.6 Å². The number of halogens is 2. The zero-order chi connectivity index (χ0) is 19.6. The standard InChI is InChI=1S/C18H12BrClN2O3S2/c1-25-14-7-6-11(19)8-10(14)9-15-17(24)22(18(26)27-15)21-16(23)12-4-2-3-5-13(12)20/h2-9H,1H3,(H,21,23)/b15-9+. The van der Waals surface area contributed by atoms with Crippen LogP contribution in [-0.2, 0) is 4.79 Å². The molecule has 0 unspecified atom stereocenters. The van der Waals surface area contributed by atoms with Gasteiger partial charge in [-0.1, -0.05) is 51.4 Å². The molecule has 138 valence electrons. The number of hydrazine groups is 1. The van der Waals surface area contributed by atoms with Gasteiger partial charge in [-0.25, -0.2) is 0 Å². The maximum Gasteiger partial charge on any atom is 0.285 e. The Bertz CT molecular complexity index is 981. The van der Waals surface area contributed by atoms with Gasteiger partial charge in [0.05, 0.1) is 22.6 Å². The predicted molar refractivity (Wildman–Crippen MR) is 115 cm³/mol. The third-order valence-electron chi connectivity index (χ3n) is 3.60. The van der Waals surface area contributed by atoms with Gasteiger partial charge in [0.2, 0.25) is 0 Å². The van der Waals surface area contributed by atoms with E-state index < -0.39 is 11.8 Å². The smallest absolute Gasteiger partial charge is 0.285 e. The number of carbonyl (C=O) groups excluding carboxylic acids is 2. The number of methoxy groups -OCH3 is 1. The van der Waals surface area contributed by atoms with Crippen LogP contribution < -0.4 is 10.2 Å². The summed E-state index contributed by atoms with van der Waals surface area (Å²) in [5, 5.41) is 1.33. The quantitative estimate of drug-likeness (QED) is 0.506. The summed E-state index contributed by atoms with van der Waals surface area (Å²) in [6, 6.07) is 12.0. The van der Waals surface area contributed by atoms with Crippen molar-refractivity contribution in [3.8, 4) is 5.75 Å². The average molecular weight is 484 g/mol. The highest BCUT2D eigenvalue weighted by Gasteiger charge is 2.34. The molecule has 0 aromatic heterocycles. The molecular formula is C18H12BrClN2O3S2. The van der Waals surface area contributed by atoms with Crippen LogP contribution in [0, 0.1) is 0 Å². The molecule has 0 radical (unpaired) electrons. The number of thioether (sulfide) groups is 1. The summed E-state index contributed by atoms with van der Waals surface area (Å²) in [5.74, 6) is -0.325. The molecule has 1 heterocycles. The van der Waals surface area contributed by atoms with Gasteiger partial charge in [0, 0.05) is 10.0 Å². The number of hydrogen-bond acceptors (Lipinski definition) is 5. The average Bonchev–Trinajstić information content (AvgIpc) is 2.89. The number of hydrogen-bond donors (Lipinski definition) is 1. The van der Waals surface area contributed by atoms with Crippen LogP contribution in [-0.4, -0.2) is 28.3 Å². The Morgan fingerprint density at radius 2 is 2.07 bits per heavy atom. The fourth-order valence-electron chi connectivity index (χ4n) is 2.33. The van der Waals surface area contributed by atoms with Gasteiger partial charge in [-0.15, -0.1) is 0 Å². The molecule has 0 aliphatic carbocycles. The Balaban J connectivity index is 1.84. The van der Waals surface area contributed by atoms with E-state index in [9.17, 15) is 9.59 Å². The number of nitrogens with zero attached hydrogens (tertiary/aromatic N) is 1. The molecule has 1 aliphatic heterocycles. The number of ether oxygens (including phenoxy) is 1. The Morgan fingerprint density at radius 3 is 2.78 bits per heavy atom. The van der Waals surface area contributed by atoms with E-state index in [1.807, 2.05) is 12.1 Å². The lowest BCUT2D eigenvalue weighted by atomic mass is 10.2. The summed E-state index contributed by atoms with van der Waals surface area (Å²) < 4.78 is 6.39. The Kier molecular flexibility index (Phi) is 6.21. The molecule has 27 heavy (non-hydrogen) atoms. The number of thiocarbonyl (C=S) groups is 1. The first-order chi connectivity index (χ1) is 12.9. The van der Waals surface area contributed by atoms with E-state index in [1.165, 1.54) is 0 Å². The van der Waals surface area contributed by atoms with Crippen LogP contribution in [0.5, 0.6) is 5.75 Å². The van der Waals surface area contributed by atoms with E-state index in [1.54, 1.807) is 43.5 Å². The van der Waals surface area contributed by atoms with Crippen molar-refractivity contribution in [1.82, 2.24) is 10.4 Å². The summed E-state index contributed by atoms with van der Waals surface area (Å²) in [6.07, 6.45) is 1.67. The highest BCUT2D eigenvalue weighted by Crippen LogP contribution is 2.34. The highest BCUT2D eigenvalue weighted by atomic mass is 79.9. The zero-order valence-electron chi connectivity index (χ0n) is 13.9. The molecule has 0 spiro atoms. The topological polar surface area (TPSA) is 58.6 Å². The number of amides is 2. The van der Waals surface area contributed by atoms with Crippen molar-refractivity contribution in [3.63, 3.8) is 0 Å². The van der Waals surface area contributed by atoms with Crippen molar-refractivity contribution in [2.24, 2.45) is 0 Å². The molecule has 2 amide bonds. The Labute approximate surface area is 178 Å². The molecule has 1 aliphatic rings. The van der Waals surface area contributed by atoms with Gasteiger partial charge in [0.1, 0.15) is 5.75 Å². The van der Waals surface area contributed by atoms with Crippen molar-refractivity contribution in [1.29, 1.82) is 0 Å². The molecule has 5 nitrogen and oxygen atoms in total. The van der Waals surface area contributed by atoms with Crippen LogP contribution in [0.2, 0.25) is 5.02 Å². The SMILES string of the molecule is COc1ccc(Br)cc1/C=C1/SC(=S)N(NC(=O)c2ccccc2Cl)C1=O. The molecule has 2 aromatic carbocycles. The molecule has 9 heteroatoms. The minimum Gasteiger partial charge on any atom is -0.496 e. The lowest BCUT2D eigenvalue weighted by Crippen LogP contribution is -2.44. The number of nitrogens with one attached hydrogen (secondary N) is 1. The molecule has 1 fully saturated rings. The van der Waals surface area contributed by atoms with Crippen LogP contribution in [0.15, 0.2) is 51.8 Å². The van der Waals surface area contributed by atoms with Gasteiger partial charge in [0.25, 0.3) is 11.8 Å². The van der Waals surface area contributed by atoms with Crippen LogP contribution in [0.4, 0.5) is 0 Å². The summed E-state index contributed by atoms with van der Waals surface area (Å²) in [4.78, 5) is 25.5. The van der Waals surface area contributed by atoms with Crippen molar-refractivity contribution in [2.75, 3.05) is 7.11 Å². The van der Waals surface area contributed by atoms with Crippen LogP contribution >= 0.6 is 51.5 Å². The first-order valence-electron chi connectivity index (χ1n) is 7.57. The van der Waals surface area contributed by atoms with Gasteiger partial charge in [0.15, 0.2) is 4.32 Å². The highest BCUT2D eigenvalue weighted by molar-refractivity contribution is 9.10. The third kappa shape index (κ3) is 4.35. The second kappa shape index (κ2) is 8.43. The molecule has 1 N–H and O–H groups in total. The van der Waals surface area contributed by atoms with Crippen LogP contribution in [0.3, 0.4) is 0 Å². The second-order valence-electron chi connectivity index (χ2n) is 5.32. The second-order valence-corrected chi connectivity index (χ2v) is 8.32. The normalized spacial score (nSPS) is 15.4. The molecule has 0 atom stereocenters. The van der Waals surface area contributed by atoms with Gasteiger partial charge in [-0.2, -0.15) is 5.01 Å². The summed E-state index contributed by atoms with van der Waals surface area (Å²) in [5.41, 5.74) is 3.48. The van der Waals surface area contributed by atoms with E-state index in [0.29, 0.717) is 16.2 Å². The number of carbonyl (C=O) groups is 2. The Morgan fingerprint density at radius 1 is 1.33 bits per heavy atom. The lowest BCUT2D eigenvalue weighted by molar-refractivity contribution is -0.123. The van der Waals surface area contributed by atoms with Crippen molar-refractivity contribution >= 4 is 73.7 Å². The van der Waals surface area contributed by atoms with Crippen molar-refractivity contribution in [2.45, 2.75) is 0 Å². The minimum absolute atomic E-state index is 0.223. The first-order valence-corrected chi connectivity index (χ1v) is 9.97. The van der Waals surface area contributed by atoms with Gasteiger partial charge >= 0.3 is 0 Å². The molecule has 3 rings (SSSR count). The lowest BCUT2D eigenvalue weighted by Gasteiger charge is -2.16. The fourth-order valence-corrected chi connectivity index (χ4v) is 4.10. The zero-order valence-corrected chi connectivity index (χ0v) is 17.8. The van der Waals surface area contributed by atoms with E-state index >= 15 is 0 Å². The summed E-state index contributed by atoms with van der Waals surface area (Å²) in [7, 11) is 1.55. The number of benzene rings is 2. The van der Waals surface area contributed by atoms with Crippen LogP contribution in [0.1, 0.15) is 15.9 Å². The largest absolute Gasteiger partial charge is 0.496 e. The third-order valence-corrected chi connectivity index (χ3v) is 5.73.